The van der Waals surface area contributed by atoms with Gasteiger partial charge in [0.2, 0.25) is 0 Å². The number of aryl methyl sites for hydroxylation is 1. The lowest BCUT2D eigenvalue weighted by Crippen LogP contribution is -2.46. The van der Waals surface area contributed by atoms with E-state index in [1.807, 2.05) is 26.0 Å². The maximum absolute atomic E-state index is 12.4. The second kappa shape index (κ2) is 4.75. The molecule has 106 valence electrons. The lowest BCUT2D eigenvalue weighted by atomic mass is 10.0. The van der Waals surface area contributed by atoms with Gasteiger partial charge in [0.15, 0.2) is 0 Å². The van der Waals surface area contributed by atoms with Gasteiger partial charge in [-0.25, -0.2) is 0 Å². The molecule has 0 saturated carbocycles. The van der Waals surface area contributed by atoms with Gasteiger partial charge in [-0.1, -0.05) is 12.1 Å². The van der Waals surface area contributed by atoms with E-state index in [1.165, 1.54) is 16.9 Å². The van der Waals surface area contributed by atoms with Crippen LogP contribution in [-0.4, -0.2) is 24.7 Å². The standard InChI is InChI=1S/C15H18N2O2S/c1-9-3-4-10-11(7-9)20-13(12(10)16)14(18)17-15(2)5-6-19-8-15/h3-4,7H,5-6,8,16H2,1-2H3,(H,17,18). The SMILES string of the molecule is Cc1ccc2c(N)c(C(=O)NC3(C)CCOC3)sc2c1. The molecule has 1 aliphatic rings. The van der Waals surface area contributed by atoms with E-state index in [9.17, 15) is 4.79 Å². The maximum Gasteiger partial charge on any atom is 0.264 e. The normalized spacial score (nSPS) is 22.3. The minimum absolute atomic E-state index is 0.102. The Labute approximate surface area is 121 Å². The van der Waals surface area contributed by atoms with Crippen LogP contribution in [-0.2, 0) is 4.74 Å². The molecule has 1 atom stereocenters. The molecule has 0 radical (unpaired) electrons. The van der Waals surface area contributed by atoms with Crippen LogP contribution >= 0.6 is 11.3 Å². The summed E-state index contributed by atoms with van der Waals surface area (Å²) < 4.78 is 6.42. The first-order valence-corrected chi connectivity index (χ1v) is 7.49. The molecule has 5 heteroatoms. The average molecular weight is 290 g/mol. The van der Waals surface area contributed by atoms with E-state index in [0.717, 1.165) is 16.5 Å². The van der Waals surface area contributed by atoms with E-state index in [1.54, 1.807) is 0 Å². The van der Waals surface area contributed by atoms with E-state index < -0.39 is 0 Å². The summed E-state index contributed by atoms with van der Waals surface area (Å²) in [6, 6.07) is 6.06. The third-order valence-corrected chi connectivity index (χ3v) is 4.89. The maximum atomic E-state index is 12.4. The summed E-state index contributed by atoms with van der Waals surface area (Å²) in [7, 11) is 0. The molecule has 4 nitrogen and oxygen atoms in total. The molecular formula is C15H18N2O2S. The van der Waals surface area contributed by atoms with Crippen molar-refractivity contribution < 1.29 is 9.53 Å². The predicted octanol–water partition coefficient (Wildman–Crippen LogP) is 2.70. The Balaban J connectivity index is 1.93. The van der Waals surface area contributed by atoms with Gasteiger partial charge < -0.3 is 15.8 Å². The van der Waals surface area contributed by atoms with Crippen LogP contribution in [0.25, 0.3) is 10.1 Å². The number of anilines is 1. The molecule has 3 rings (SSSR count). The molecule has 1 unspecified atom stereocenters. The number of carbonyl (C=O) groups excluding carboxylic acids is 1. The Morgan fingerprint density at radius 1 is 1.50 bits per heavy atom. The number of nitrogens with one attached hydrogen (secondary N) is 1. The van der Waals surface area contributed by atoms with Crippen LogP contribution in [0.4, 0.5) is 5.69 Å². The molecule has 2 heterocycles. The fourth-order valence-corrected chi connectivity index (χ4v) is 3.61. The smallest absolute Gasteiger partial charge is 0.264 e. The molecule has 1 amide bonds. The second-order valence-corrected chi connectivity index (χ2v) is 6.71. The molecule has 20 heavy (non-hydrogen) atoms. The number of amides is 1. The summed E-state index contributed by atoms with van der Waals surface area (Å²) in [5.74, 6) is -0.102. The third kappa shape index (κ3) is 2.27. The fraction of sp³-hybridized carbons (Fsp3) is 0.400. The molecule has 1 saturated heterocycles. The number of hydrogen-bond acceptors (Lipinski definition) is 4. The van der Waals surface area contributed by atoms with Gasteiger partial charge in [0.1, 0.15) is 4.88 Å². The van der Waals surface area contributed by atoms with Crippen LogP contribution in [0, 0.1) is 6.92 Å². The van der Waals surface area contributed by atoms with Gasteiger partial charge in [-0.2, -0.15) is 0 Å². The molecule has 1 aromatic heterocycles. The number of ether oxygens (including phenoxy) is 1. The highest BCUT2D eigenvalue weighted by atomic mass is 32.1. The van der Waals surface area contributed by atoms with Crippen molar-refractivity contribution in [2.45, 2.75) is 25.8 Å². The van der Waals surface area contributed by atoms with E-state index in [4.69, 9.17) is 10.5 Å². The highest BCUT2D eigenvalue weighted by Gasteiger charge is 2.32. The minimum atomic E-state index is -0.282. The first-order chi connectivity index (χ1) is 9.48. The highest BCUT2D eigenvalue weighted by molar-refractivity contribution is 7.21. The van der Waals surface area contributed by atoms with Crippen molar-refractivity contribution in [2.75, 3.05) is 18.9 Å². The summed E-state index contributed by atoms with van der Waals surface area (Å²) in [5.41, 5.74) is 7.59. The van der Waals surface area contributed by atoms with Crippen molar-refractivity contribution in [1.29, 1.82) is 0 Å². The van der Waals surface area contributed by atoms with Gasteiger partial charge in [0.05, 0.1) is 17.8 Å². The Morgan fingerprint density at radius 3 is 3.00 bits per heavy atom. The molecule has 3 N–H and O–H groups in total. The molecule has 0 spiro atoms. The van der Waals surface area contributed by atoms with Gasteiger partial charge in [0, 0.05) is 16.7 Å². The first-order valence-electron chi connectivity index (χ1n) is 6.67. The quantitative estimate of drug-likeness (QED) is 0.894. The number of benzene rings is 1. The van der Waals surface area contributed by atoms with Crippen molar-refractivity contribution in [3.05, 3.63) is 28.6 Å². The zero-order valence-electron chi connectivity index (χ0n) is 11.7. The van der Waals surface area contributed by atoms with Crippen molar-refractivity contribution in [2.24, 2.45) is 0 Å². The number of nitrogen functional groups attached to an aromatic ring is 1. The Hall–Kier alpha value is -1.59. The zero-order valence-corrected chi connectivity index (χ0v) is 12.5. The van der Waals surface area contributed by atoms with Crippen LogP contribution in [0.2, 0.25) is 0 Å². The lowest BCUT2D eigenvalue weighted by molar-refractivity contribution is 0.0895. The summed E-state index contributed by atoms with van der Waals surface area (Å²) in [6.07, 6.45) is 0.836. The zero-order chi connectivity index (χ0) is 14.3. The summed E-state index contributed by atoms with van der Waals surface area (Å²) in [6.45, 7) is 5.29. The third-order valence-electron chi connectivity index (χ3n) is 3.72. The number of rotatable bonds is 2. The van der Waals surface area contributed by atoms with Crippen molar-refractivity contribution >= 4 is 33.0 Å². The largest absolute Gasteiger partial charge is 0.397 e. The molecule has 2 aromatic rings. The van der Waals surface area contributed by atoms with Crippen LogP contribution in [0.1, 0.15) is 28.6 Å². The van der Waals surface area contributed by atoms with Crippen LogP contribution in [0.5, 0.6) is 0 Å². The fourth-order valence-electron chi connectivity index (χ4n) is 2.49. The van der Waals surface area contributed by atoms with Gasteiger partial charge in [-0.3, -0.25) is 4.79 Å². The topological polar surface area (TPSA) is 64.4 Å². The van der Waals surface area contributed by atoms with E-state index in [0.29, 0.717) is 23.8 Å². The molecule has 0 bridgehead atoms. The number of nitrogens with two attached hydrogens (primary N) is 1. The van der Waals surface area contributed by atoms with Crippen LogP contribution < -0.4 is 11.1 Å². The summed E-state index contributed by atoms with van der Waals surface area (Å²) in [5, 5.41) is 4.01. The predicted molar refractivity (Wildman–Crippen MR) is 82.3 cm³/mol. The Morgan fingerprint density at radius 2 is 2.30 bits per heavy atom. The molecular weight excluding hydrogens is 272 g/mol. The monoisotopic (exact) mass is 290 g/mol. The van der Waals surface area contributed by atoms with Gasteiger partial charge in [-0.05, 0) is 31.9 Å². The summed E-state index contributed by atoms with van der Waals surface area (Å²) >= 11 is 1.45. The van der Waals surface area contributed by atoms with Crippen LogP contribution in [0.15, 0.2) is 18.2 Å². The molecule has 1 fully saturated rings. The minimum Gasteiger partial charge on any atom is -0.397 e. The van der Waals surface area contributed by atoms with Gasteiger partial charge >= 0.3 is 0 Å². The van der Waals surface area contributed by atoms with Crippen molar-refractivity contribution in [1.82, 2.24) is 5.32 Å². The average Bonchev–Trinajstić information content (AvgIpc) is 2.94. The molecule has 1 aliphatic heterocycles. The lowest BCUT2D eigenvalue weighted by Gasteiger charge is -2.23. The number of thiophene rings is 1. The number of fused-ring (bicyclic) bond motifs is 1. The second-order valence-electron chi connectivity index (χ2n) is 5.66. The van der Waals surface area contributed by atoms with Crippen molar-refractivity contribution in [3.63, 3.8) is 0 Å². The van der Waals surface area contributed by atoms with Crippen molar-refractivity contribution in [3.8, 4) is 0 Å². The molecule has 0 aliphatic carbocycles. The Bertz CT molecular complexity index is 672. The van der Waals surface area contributed by atoms with E-state index in [2.05, 4.69) is 11.4 Å². The van der Waals surface area contributed by atoms with Gasteiger partial charge in [-0.15, -0.1) is 11.3 Å². The first kappa shape index (κ1) is 13.4. The molecule has 1 aromatic carbocycles. The Kier molecular flexibility index (Phi) is 3.18. The van der Waals surface area contributed by atoms with Gasteiger partial charge in [0.25, 0.3) is 5.91 Å². The van der Waals surface area contributed by atoms with Crippen LogP contribution in [0.3, 0.4) is 0 Å². The number of carbonyl (C=O) groups is 1. The number of hydrogen-bond donors (Lipinski definition) is 2. The summed E-state index contributed by atoms with van der Waals surface area (Å²) in [4.78, 5) is 13.0. The highest BCUT2D eigenvalue weighted by Crippen LogP contribution is 2.34. The van der Waals surface area contributed by atoms with E-state index >= 15 is 0 Å². The van der Waals surface area contributed by atoms with E-state index in [-0.39, 0.29) is 11.4 Å².